The highest BCUT2D eigenvalue weighted by Crippen LogP contribution is 2.46. The summed E-state index contributed by atoms with van der Waals surface area (Å²) >= 11 is 0. The Morgan fingerprint density at radius 1 is 1.06 bits per heavy atom. The number of amides is 1. The number of ketones is 1. The minimum Gasteiger partial charge on any atom is -0.357 e. The van der Waals surface area contributed by atoms with Crippen molar-refractivity contribution in [1.82, 2.24) is 5.32 Å². The summed E-state index contributed by atoms with van der Waals surface area (Å²) in [6.45, 7) is 5.16. The van der Waals surface area contributed by atoms with E-state index in [2.05, 4.69) is 65.8 Å². The second-order valence-electron chi connectivity index (χ2n) is 11.2. The number of fused-ring (bicyclic) bond motifs is 1. The first kappa shape index (κ1) is 24.4. The highest BCUT2D eigenvalue weighted by Gasteiger charge is 2.43. The van der Waals surface area contributed by atoms with Crippen LogP contribution in [0.5, 0.6) is 0 Å². The third kappa shape index (κ3) is 5.25. The predicted octanol–water partition coefficient (Wildman–Crippen LogP) is 5.65. The average molecular weight is 484 g/mol. The van der Waals surface area contributed by atoms with Gasteiger partial charge in [-0.15, -0.1) is 0 Å². The Labute approximate surface area is 214 Å². The van der Waals surface area contributed by atoms with Crippen molar-refractivity contribution in [2.45, 2.75) is 58.4 Å². The van der Waals surface area contributed by atoms with Gasteiger partial charge in [-0.2, -0.15) is 0 Å². The maximum atomic E-state index is 13.7. The normalized spacial score (nSPS) is 22.8. The Hall–Kier alpha value is -3.34. The molecule has 0 aromatic heterocycles. The SMILES string of the molecule is CC1(C)CC(=O)C2=C(C1)Nc1ccccc1N(CC(=O)NCCc1ccccc1)C2C1CC=CCC1. The first-order chi connectivity index (χ1) is 17.4. The van der Waals surface area contributed by atoms with Crippen LogP contribution in [-0.4, -0.2) is 30.8 Å². The van der Waals surface area contributed by atoms with Crippen molar-refractivity contribution in [2.75, 3.05) is 23.3 Å². The van der Waals surface area contributed by atoms with Crippen molar-refractivity contribution in [1.29, 1.82) is 0 Å². The highest BCUT2D eigenvalue weighted by molar-refractivity contribution is 6.01. The van der Waals surface area contributed by atoms with Crippen molar-refractivity contribution >= 4 is 23.1 Å². The lowest BCUT2D eigenvalue weighted by Crippen LogP contribution is -2.50. The molecular formula is C31H37N3O2. The molecule has 0 bridgehead atoms. The Morgan fingerprint density at radius 2 is 1.83 bits per heavy atom. The first-order valence-electron chi connectivity index (χ1n) is 13.3. The number of carbonyl (C=O) groups excluding carboxylic acids is 2. The summed E-state index contributed by atoms with van der Waals surface area (Å²) < 4.78 is 0. The topological polar surface area (TPSA) is 61.4 Å². The number of carbonyl (C=O) groups is 2. The molecule has 2 unspecified atom stereocenters. The molecule has 3 aliphatic rings. The predicted molar refractivity (Wildman–Crippen MR) is 146 cm³/mol. The van der Waals surface area contributed by atoms with Crippen molar-refractivity contribution in [3.63, 3.8) is 0 Å². The number of Topliss-reactive ketones (excluding diaryl/α,β-unsaturated/α-hetero) is 1. The molecule has 1 amide bonds. The molecule has 2 aliphatic carbocycles. The summed E-state index contributed by atoms with van der Waals surface area (Å²) in [5.41, 5.74) is 5.02. The molecular weight excluding hydrogens is 446 g/mol. The van der Waals surface area contributed by atoms with E-state index in [4.69, 9.17) is 0 Å². The van der Waals surface area contributed by atoms with E-state index in [9.17, 15) is 9.59 Å². The lowest BCUT2D eigenvalue weighted by atomic mass is 9.71. The molecule has 5 rings (SSSR count). The van der Waals surface area contributed by atoms with Gasteiger partial charge >= 0.3 is 0 Å². The fourth-order valence-electron chi connectivity index (χ4n) is 6.07. The van der Waals surface area contributed by atoms with Gasteiger partial charge in [-0.1, -0.05) is 68.5 Å². The van der Waals surface area contributed by atoms with Crippen LogP contribution in [0.3, 0.4) is 0 Å². The van der Waals surface area contributed by atoms with Gasteiger partial charge in [0.15, 0.2) is 5.78 Å². The number of nitrogens with one attached hydrogen (secondary N) is 2. The zero-order chi connectivity index (χ0) is 25.1. The van der Waals surface area contributed by atoms with Crippen LogP contribution in [0.15, 0.2) is 78.0 Å². The number of para-hydroxylation sites is 2. The van der Waals surface area contributed by atoms with Gasteiger partial charge in [-0.05, 0) is 61.1 Å². The molecule has 2 atom stereocenters. The van der Waals surface area contributed by atoms with Gasteiger partial charge < -0.3 is 15.5 Å². The van der Waals surface area contributed by atoms with E-state index in [1.807, 2.05) is 30.3 Å². The standard InChI is InChI=1S/C31H37N3O2/c1-31(2)19-25-29(27(35)20-31)30(23-13-7-4-8-14-23)34(26-16-10-9-15-24(26)33-25)21-28(36)32-18-17-22-11-5-3-6-12-22/h3-7,9-12,15-16,23,30,33H,8,13-14,17-21H2,1-2H3,(H,32,36). The van der Waals surface area contributed by atoms with Crippen LogP contribution in [-0.2, 0) is 16.0 Å². The summed E-state index contributed by atoms with van der Waals surface area (Å²) in [5.74, 6) is 0.496. The van der Waals surface area contributed by atoms with Crippen molar-refractivity contribution in [2.24, 2.45) is 11.3 Å². The van der Waals surface area contributed by atoms with Gasteiger partial charge in [0.05, 0.1) is 24.0 Å². The molecule has 0 spiro atoms. The number of anilines is 2. The van der Waals surface area contributed by atoms with Crippen molar-refractivity contribution in [3.8, 4) is 0 Å². The number of rotatable bonds is 6. The Kier molecular flexibility index (Phi) is 6.99. The lowest BCUT2D eigenvalue weighted by molar-refractivity contribution is -0.120. The number of hydrogen-bond acceptors (Lipinski definition) is 4. The van der Waals surface area contributed by atoms with Gasteiger partial charge in [0.1, 0.15) is 0 Å². The zero-order valence-electron chi connectivity index (χ0n) is 21.4. The van der Waals surface area contributed by atoms with Crippen LogP contribution in [0.25, 0.3) is 0 Å². The molecule has 0 radical (unpaired) electrons. The van der Waals surface area contributed by atoms with Crippen molar-refractivity contribution in [3.05, 3.63) is 83.6 Å². The minimum atomic E-state index is -0.121. The number of hydrogen-bond donors (Lipinski definition) is 2. The molecule has 0 fully saturated rings. The molecule has 1 heterocycles. The van der Waals surface area contributed by atoms with E-state index in [0.29, 0.717) is 13.0 Å². The Balaban J connectivity index is 1.47. The van der Waals surface area contributed by atoms with Crippen molar-refractivity contribution < 1.29 is 9.59 Å². The molecule has 2 aromatic carbocycles. The van der Waals surface area contributed by atoms with E-state index >= 15 is 0 Å². The van der Waals surface area contributed by atoms with Gasteiger partial charge in [-0.25, -0.2) is 0 Å². The van der Waals surface area contributed by atoms with Gasteiger partial charge in [0.25, 0.3) is 0 Å². The Bertz CT molecular complexity index is 1180. The molecule has 5 nitrogen and oxygen atoms in total. The average Bonchev–Trinajstić information content (AvgIpc) is 2.99. The van der Waals surface area contributed by atoms with Crippen LogP contribution >= 0.6 is 0 Å². The summed E-state index contributed by atoms with van der Waals surface area (Å²) in [4.78, 5) is 29.2. The minimum absolute atomic E-state index is 0.00951. The highest BCUT2D eigenvalue weighted by atomic mass is 16.2. The first-order valence-corrected chi connectivity index (χ1v) is 13.3. The largest absolute Gasteiger partial charge is 0.357 e. The summed E-state index contributed by atoms with van der Waals surface area (Å²) in [6, 6.07) is 18.3. The smallest absolute Gasteiger partial charge is 0.239 e. The van der Waals surface area contributed by atoms with Gasteiger partial charge in [-0.3, -0.25) is 9.59 Å². The van der Waals surface area contributed by atoms with E-state index < -0.39 is 0 Å². The maximum Gasteiger partial charge on any atom is 0.239 e. The van der Waals surface area contributed by atoms with E-state index in [1.54, 1.807) is 0 Å². The van der Waals surface area contributed by atoms with Crippen LogP contribution in [0.2, 0.25) is 0 Å². The van der Waals surface area contributed by atoms with E-state index in [0.717, 1.165) is 54.7 Å². The van der Waals surface area contributed by atoms with Crippen LogP contribution in [0.4, 0.5) is 11.4 Å². The van der Waals surface area contributed by atoms with Crippen LogP contribution < -0.4 is 15.5 Å². The lowest BCUT2D eigenvalue weighted by Gasteiger charge is -2.41. The second kappa shape index (κ2) is 10.3. The molecule has 36 heavy (non-hydrogen) atoms. The second-order valence-corrected chi connectivity index (χ2v) is 11.2. The number of benzene rings is 2. The fraction of sp³-hybridized carbons (Fsp3) is 0.419. The fourth-order valence-corrected chi connectivity index (χ4v) is 6.07. The maximum absolute atomic E-state index is 13.7. The van der Waals surface area contributed by atoms with E-state index in [1.165, 1.54) is 5.56 Å². The van der Waals surface area contributed by atoms with Crippen LogP contribution in [0, 0.1) is 11.3 Å². The third-order valence-electron chi connectivity index (χ3n) is 7.70. The van der Waals surface area contributed by atoms with Gasteiger partial charge in [0, 0.05) is 24.2 Å². The summed E-state index contributed by atoms with van der Waals surface area (Å²) in [5, 5.41) is 6.79. The number of allylic oxidation sites excluding steroid dienone is 3. The molecule has 0 saturated carbocycles. The van der Waals surface area contributed by atoms with Crippen LogP contribution in [0.1, 0.15) is 51.5 Å². The summed E-state index contributed by atoms with van der Waals surface area (Å²) in [6.07, 6.45) is 9.60. The monoisotopic (exact) mass is 483 g/mol. The molecule has 0 saturated heterocycles. The summed E-state index contributed by atoms with van der Waals surface area (Å²) in [7, 11) is 0. The number of nitrogens with zero attached hydrogens (tertiary/aromatic N) is 1. The molecule has 188 valence electrons. The molecule has 5 heteroatoms. The third-order valence-corrected chi connectivity index (χ3v) is 7.70. The Morgan fingerprint density at radius 3 is 2.61 bits per heavy atom. The molecule has 1 aliphatic heterocycles. The quantitative estimate of drug-likeness (QED) is 0.522. The molecule has 2 aromatic rings. The molecule has 2 N–H and O–H groups in total. The van der Waals surface area contributed by atoms with E-state index in [-0.39, 0.29) is 35.6 Å². The zero-order valence-corrected chi connectivity index (χ0v) is 21.4. The van der Waals surface area contributed by atoms with Gasteiger partial charge in [0.2, 0.25) is 5.91 Å².